The largest absolute Gasteiger partial charge is 0.265 e. The van der Waals surface area contributed by atoms with Crippen molar-refractivity contribution in [2.24, 2.45) is 0 Å². The van der Waals surface area contributed by atoms with Gasteiger partial charge in [-0.2, -0.15) is 0 Å². The van der Waals surface area contributed by atoms with E-state index in [0.717, 1.165) is 18.5 Å². The summed E-state index contributed by atoms with van der Waals surface area (Å²) in [5.41, 5.74) is 1.48. The highest BCUT2D eigenvalue weighted by molar-refractivity contribution is 7.92. The summed E-state index contributed by atoms with van der Waals surface area (Å²) in [5, 5.41) is 0. The fraction of sp³-hybridized carbons (Fsp3) is 0.312. The maximum Gasteiger partial charge on any atom is 0.264 e. The van der Waals surface area contributed by atoms with E-state index in [1.807, 2.05) is 26.0 Å². The molecule has 0 N–H and O–H groups in total. The molecule has 0 aliphatic carbocycles. The van der Waals surface area contributed by atoms with Crippen molar-refractivity contribution in [3.8, 4) is 0 Å². The molecule has 0 amide bonds. The van der Waals surface area contributed by atoms with Crippen molar-refractivity contribution in [3.05, 3.63) is 54.4 Å². The smallest absolute Gasteiger partial charge is 0.264 e. The SMILES string of the molecule is CCCCN(c1ccc(C)nc1)S(=O)(=O)c1ccccc1. The van der Waals surface area contributed by atoms with Gasteiger partial charge in [-0.25, -0.2) is 8.42 Å². The van der Waals surface area contributed by atoms with E-state index in [4.69, 9.17) is 0 Å². The third kappa shape index (κ3) is 3.61. The van der Waals surface area contributed by atoms with Crippen LogP contribution in [0.1, 0.15) is 25.5 Å². The standard InChI is InChI=1S/C16H20N2O2S/c1-3-4-12-18(15-11-10-14(2)17-13-15)21(19,20)16-8-6-5-7-9-16/h5-11,13H,3-4,12H2,1-2H3. The summed E-state index contributed by atoms with van der Waals surface area (Å²) in [7, 11) is -3.55. The minimum absolute atomic E-state index is 0.307. The number of anilines is 1. The molecule has 0 aliphatic rings. The fourth-order valence-corrected chi connectivity index (χ4v) is 3.53. The lowest BCUT2D eigenvalue weighted by atomic mass is 10.3. The Labute approximate surface area is 126 Å². The summed E-state index contributed by atoms with van der Waals surface area (Å²) in [6.07, 6.45) is 3.35. The van der Waals surface area contributed by atoms with Crippen LogP contribution in [0, 0.1) is 6.92 Å². The molecule has 0 spiro atoms. The van der Waals surface area contributed by atoms with Gasteiger partial charge in [-0.1, -0.05) is 31.5 Å². The van der Waals surface area contributed by atoms with Crippen LogP contribution in [0.2, 0.25) is 0 Å². The highest BCUT2D eigenvalue weighted by Gasteiger charge is 2.24. The minimum atomic E-state index is -3.55. The summed E-state index contributed by atoms with van der Waals surface area (Å²) in [4.78, 5) is 4.52. The number of sulfonamides is 1. The molecule has 1 aromatic heterocycles. The van der Waals surface area contributed by atoms with E-state index in [9.17, 15) is 8.42 Å². The van der Waals surface area contributed by atoms with Gasteiger partial charge in [-0.05, 0) is 37.6 Å². The summed E-state index contributed by atoms with van der Waals surface area (Å²) in [6.45, 7) is 4.38. The van der Waals surface area contributed by atoms with E-state index in [1.54, 1.807) is 36.5 Å². The molecule has 0 saturated carbocycles. The molecular formula is C16H20N2O2S. The van der Waals surface area contributed by atoms with Gasteiger partial charge in [-0.15, -0.1) is 0 Å². The Kier molecular flexibility index (Phi) is 4.96. The van der Waals surface area contributed by atoms with E-state index in [2.05, 4.69) is 4.98 Å². The van der Waals surface area contributed by atoms with Crippen molar-refractivity contribution < 1.29 is 8.42 Å². The molecule has 5 heteroatoms. The Hall–Kier alpha value is -1.88. The first-order valence-electron chi connectivity index (χ1n) is 7.06. The van der Waals surface area contributed by atoms with E-state index in [1.165, 1.54) is 4.31 Å². The predicted molar refractivity (Wildman–Crippen MR) is 84.9 cm³/mol. The van der Waals surface area contributed by atoms with Gasteiger partial charge in [-0.3, -0.25) is 9.29 Å². The number of hydrogen-bond acceptors (Lipinski definition) is 3. The van der Waals surface area contributed by atoms with Gasteiger partial charge in [0.2, 0.25) is 0 Å². The third-order valence-corrected chi connectivity index (χ3v) is 5.07. The normalized spacial score (nSPS) is 11.3. The van der Waals surface area contributed by atoms with Gasteiger partial charge < -0.3 is 0 Å². The lowest BCUT2D eigenvalue weighted by Gasteiger charge is -2.24. The van der Waals surface area contributed by atoms with Crippen LogP contribution in [0.25, 0.3) is 0 Å². The summed E-state index contributed by atoms with van der Waals surface area (Å²) in [6, 6.07) is 12.2. The van der Waals surface area contributed by atoms with E-state index in [-0.39, 0.29) is 0 Å². The Bertz CT molecular complexity index is 667. The molecule has 0 atom stereocenters. The van der Waals surface area contributed by atoms with Crippen molar-refractivity contribution >= 4 is 15.7 Å². The fourth-order valence-electron chi connectivity index (χ4n) is 2.02. The van der Waals surface area contributed by atoms with Crippen LogP contribution < -0.4 is 4.31 Å². The molecule has 4 nitrogen and oxygen atoms in total. The van der Waals surface area contributed by atoms with Crippen LogP contribution in [0.15, 0.2) is 53.6 Å². The number of nitrogens with zero attached hydrogens (tertiary/aromatic N) is 2. The van der Waals surface area contributed by atoms with E-state index < -0.39 is 10.0 Å². The first kappa shape index (κ1) is 15.5. The molecular weight excluding hydrogens is 284 g/mol. The summed E-state index contributed by atoms with van der Waals surface area (Å²) in [5.74, 6) is 0. The van der Waals surface area contributed by atoms with Crippen molar-refractivity contribution in [2.75, 3.05) is 10.8 Å². The second-order valence-electron chi connectivity index (χ2n) is 4.90. The molecule has 0 bridgehead atoms. The number of aryl methyl sites for hydroxylation is 1. The summed E-state index contributed by atoms with van der Waals surface area (Å²) < 4.78 is 27.1. The molecule has 0 saturated heterocycles. The average Bonchev–Trinajstić information content (AvgIpc) is 2.50. The molecule has 2 aromatic rings. The van der Waals surface area contributed by atoms with Crippen LogP contribution in [0.3, 0.4) is 0 Å². The highest BCUT2D eigenvalue weighted by atomic mass is 32.2. The summed E-state index contributed by atoms with van der Waals surface area (Å²) >= 11 is 0. The van der Waals surface area contributed by atoms with Gasteiger partial charge >= 0.3 is 0 Å². The molecule has 0 fully saturated rings. The molecule has 1 aromatic carbocycles. The number of rotatable bonds is 6. The second-order valence-corrected chi connectivity index (χ2v) is 6.76. The lowest BCUT2D eigenvalue weighted by molar-refractivity contribution is 0.588. The maximum absolute atomic E-state index is 12.8. The maximum atomic E-state index is 12.8. The quantitative estimate of drug-likeness (QED) is 0.822. The number of benzene rings is 1. The molecule has 0 aliphatic heterocycles. The third-order valence-electron chi connectivity index (χ3n) is 3.23. The van der Waals surface area contributed by atoms with Crippen molar-refractivity contribution in [1.29, 1.82) is 0 Å². The zero-order valence-electron chi connectivity index (χ0n) is 12.4. The van der Waals surface area contributed by atoms with Gasteiger partial charge in [0.05, 0.1) is 16.8 Å². The topological polar surface area (TPSA) is 50.3 Å². The van der Waals surface area contributed by atoms with Crippen LogP contribution in [-0.2, 0) is 10.0 Å². The van der Waals surface area contributed by atoms with Crippen LogP contribution in [0.4, 0.5) is 5.69 Å². The van der Waals surface area contributed by atoms with Gasteiger partial charge in [0.25, 0.3) is 10.0 Å². The predicted octanol–water partition coefficient (Wildman–Crippen LogP) is 3.39. The average molecular weight is 304 g/mol. The Morgan fingerprint density at radius 3 is 2.38 bits per heavy atom. The van der Waals surface area contributed by atoms with Crippen molar-refractivity contribution in [1.82, 2.24) is 4.98 Å². The Morgan fingerprint density at radius 1 is 1.10 bits per heavy atom. The molecule has 2 rings (SSSR count). The Morgan fingerprint density at radius 2 is 1.81 bits per heavy atom. The Balaban J connectivity index is 2.42. The van der Waals surface area contributed by atoms with Crippen LogP contribution in [0.5, 0.6) is 0 Å². The molecule has 21 heavy (non-hydrogen) atoms. The first-order chi connectivity index (χ1) is 10.1. The van der Waals surface area contributed by atoms with Gasteiger partial charge in [0.1, 0.15) is 0 Å². The molecule has 112 valence electrons. The lowest BCUT2D eigenvalue weighted by Crippen LogP contribution is -2.32. The molecule has 1 heterocycles. The highest BCUT2D eigenvalue weighted by Crippen LogP contribution is 2.23. The zero-order valence-corrected chi connectivity index (χ0v) is 13.2. The molecule has 0 radical (unpaired) electrons. The second kappa shape index (κ2) is 6.72. The molecule has 0 unspecified atom stereocenters. The number of pyridine rings is 1. The van der Waals surface area contributed by atoms with Gasteiger partial charge in [0.15, 0.2) is 0 Å². The number of aromatic nitrogens is 1. The van der Waals surface area contributed by atoms with Gasteiger partial charge in [0, 0.05) is 12.2 Å². The van der Waals surface area contributed by atoms with Crippen LogP contribution >= 0.6 is 0 Å². The van der Waals surface area contributed by atoms with E-state index in [0.29, 0.717) is 17.1 Å². The number of unbranched alkanes of at least 4 members (excludes halogenated alkanes) is 1. The zero-order chi connectivity index (χ0) is 15.3. The van der Waals surface area contributed by atoms with Crippen molar-refractivity contribution in [3.63, 3.8) is 0 Å². The van der Waals surface area contributed by atoms with Crippen LogP contribution in [-0.4, -0.2) is 19.9 Å². The van der Waals surface area contributed by atoms with E-state index >= 15 is 0 Å². The number of hydrogen-bond donors (Lipinski definition) is 0. The first-order valence-corrected chi connectivity index (χ1v) is 8.50. The monoisotopic (exact) mass is 304 g/mol. The van der Waals surface area contributed by atoms with Crippen molar-refractivity contribution in [2.45, 2.75) is 31.6 Å². The minimum Gasteiger partial charge on any atom is -0.265 e.